The minimum absolute atomic E-state index is 0.294. The lowest BCUT2D eigenvalue weighted by atomic mass is 10.5. The van der Waals surface area contributed by atoms with Crippen molar-refractivity contribution < 1.29 is 15.3 Å². The van der Waals surface area contributed by atoms with Crippen LogP contribution in [0.1, 0.15) is 0 Å². The molecule has 0 aliphatic carbocycles. The largest absolute Gasteiger partial charge is 0.391 e. The highest BCUT2D eigenvalue weighted by molar-refractivity contribution is 4.17. The zero-order valence-electron chi connectivity index (χ0n) is 6.35. The lowest BCUT2D eigenvalue weighted by molar-refractivity contribution is -0.874. The Morgan fingerprint density at radius 2 is 2.00 bits per heavy atom. The van der Waals surface area contributed by atoms with E-state index in [9.17, 15) is 0 Å². The Kier molecular flexibility index (Phi) is 5.93. The summed E-state index contributed by atoms with van der Waals surface area (Å²) in [5.74, 6) is 0. The van der Waals surface area contributed by atoms with Crippen LogP contribution < -0.4 is 10.2 Å². The van der Waals surface area contributed by atoms with Crippen molar-refractivity contribution in [2.45, 2.75) is 0 Å². The van der Waals surface area contributed by atoms with Crippen LogP contribution in [0.15, 0.2) is 0 Å². The molecule has 4 N–H and O–H groups in total. The Morgan fingerprint density at radius 3 is 2.44 bits per heavy atom. The molecule has 0 amide bonds. The van der Waals surface area contributed by atoms with Crippen molar-refractivity contribution in [3.8, 4) is 0 Å². The van der Waals surface area contributed by atoms with Gasteiger partial charge in [0.05, 0.1) is 27.2 Å². The van der Waals surface area contributed by atoms with Crippen molar-refractivity contribution in [3.63, 3.8) is 0 Å². The first-order chi connectivity index (χ1) is 4.27. The molecule has 9 heavy (non-hydrogen) atoms. The summed E-state index contributed by atoms with van der Waals surface area (Å²) in [4.78, 5) is 1.46. The van der Waals surface area contributed by atoms with Gasteiger partial charge in [-0.1, -0.05) is 0 Å². The highest BCUT2D eigenvalue weighted by Crippen LogP contribution is 1.38. The van der Waals surface area contributed by atoms with Crippen molar-refractivity contribution in [1.29, 1.82) is 0 Å². The number of aliphatic hydroxyl groups is 1. The van der Waals surface area contributed by atoms with Gasteiger partial charge in [-0.25, -0.2) is 0 Å². The monoisotopic (exact) mass is 134 g/mol. The molecule has 0 aromatic rings. The molecule has 0 heterocycles. The topological polar surface area (TPSA) is 41.3 Å². The van der Waals surface area contributed by atoms with Crippen molar-refractivity contribution in [2.24, 2.45) is 0 Å². The predicted molar refractivity (Wildman–Crippen MR) is 36.4 cm³/mol. The third-order valence-electron chi connectivity index (χ3n) is 1.18. The van der Waals surface area contributed by atoms with E-state index in [1.54, 1.807) is 0 Å². The van der Waals surface area contributed by atoms with Crippen LogP contribution in [0, 0.1) is 0 Å². The van der Waals surface area contributed by atoms with Crippen LogP contribution >= 0.6 is 0 Å². The van der Waals surface area contributed by atoms with Gasteiger partial charge in [-0.2, -0.15) is 0 Å². The van der Waals surface area contributed by atoms with Crippen molar-refractivity contribution in [1.82, 2.24) is 0 Å². The maximum absolute atomic E-state index is 8.39. The molecule has 0 aromatic heterocycles. The van der Waals surface area contributed by atoms with Crippen molar-refractivity contribution in [2.75, 3.05) is 40.3 Å². The van der Waals surface area contributed by atoms with E-state index < -0.39 is 0 Å². The molecule has 0 rings (SSSR count). The third-order valence-corrected chi connectivity index (χ3v) is 1.18. The summed E-state index contributed by atoms with van der Waals surface area (Å²) in [5.41, 5.74) is 0. The van der Waals surface area contributed by atoms with Gasteiger partial charge in [0.25, 0.3) is 0 Å². The average Bonchev–Trinajstić information content (AvgIpc) is 1.80. The summed E-state index contributed by atoms with van der Waals surface area (Å²) in [6.07, 6.45) is 0. The van der Waals surface area contributed by atoms with Gasteiger partial charge < -0.3 is 15.3 Å². The van der Waals surface area contributed by atoms with Crippen LogP contribution in [0.2, 0.25) is 0 Å². The first-order valence-electron chi connectivity index (χ1n) is 3.49. The van der Waals surface area contributed by atoms with E-state index in [2.05, 4.69) is 19.4 Å². The molecule has 0 radical (unpaired) electrons. The first kappa shape index (κ1) is 8.88. The molecule has 56 valence electrons. The van der Waals surface area contributed by atoms with Crippen LogP contribution in [-0.2, 0) is 0 Å². The molecule has 0 spiro atoms. The van der Waals surface area contributed by atoms with Crippen LogP contribution in [0.25, 0.3) is 0 Å². The summed E-state index contributed by atoms with van der Waals surface area (Å²) < 4.78 is 0. The third kappa shape index (κ3) is 7.88. The molecule has 3 nitrogen and oxygen atoms in total. The minimum atomic E-state index is 0.294. The van der Waals surface area contributed by atoms with Gasteiger partial charge in [0.15, 0.2) is 0 Å². The fourth-order valence-corrected chi connectivity index (χ4v) is 0.626. The Morgan fingerprint density at radius 1 is 1.33 bits per heavy atom. The molecular weight excluding hydrogens is 116 g/mol. The van der Waals surface area contributed by atoms with E-state index in [1.165, 1.54) is 11.4 Å². The normalized spacial score (nSPS) is 10.7. The number of rotatable bonds is 5. The molecular formula is C6H18N2O+2. The predicted octanol–water partition coefficient (Wildman–Crippen LogP) is -3.31. The van der Waals surface area contributed by atoms with Gasteiger partial charge >= 0.3 is 0 Å². The van der Waals surface area contributed by atoms with Crippen LogP contribution in [0.3, 0.4) is 0 Å². The standard InChI is InChI=1S/C6H16N2O/c1-8(2)5-3-7-4-6-9/h7,9H,3-6H2,1-2H3/p+2. The van der Waals surface area contributed by atoms with E-state index in [0.717, 1.165) is 13.1 Å². The molecule has 0 aliphatic heterocycles. The maximum atomic E-state index is 8.39. The Balaban J connectivity index is 2.75. The fourth-order valence-electron chi connectivity index (χ4n) is 0.626. The highest BCUT2D eigenvalue weighted by atomic mass is 16.3. The molecule has 0 aromatic carbocycles. The Bertz CT molecular complexity index is 57.0. The molecule has 0 bridgehead atoms. The van der Waals surface area contributed by atoms with Gasteiger partial charge in [0, 0.05) is 0 Å². The molecule has 0 atom stereocenters. The van der Waals surface area contributed by atoms with Crippen molar-refractivity contribution in [3.05, 3.63) is 0 Å². The SMILES string of the molecule is C[NH+](C)CC[NH2+]CCO. The average molecular weight is 134 g/mol. The number of hydrogen-bond donors (Lipinski definition) is 3. The van der Waals surface area contributed by atoms with Crippen molar-refractivity contribution >= 4 is 0 Å². The lowest BCUT2D eigenvalue weighted by Gasteiger charge is -2.04. The zero-order chi connectivity index (χ0) is 7.11. The summed E-state index contributed by atoms with van der Waals surface area (Å²) in [5, 5.41) is 10.5. The van der Waals surface area contributed by atoms with E-state index >= 15 is 0 Å². The molecule has 0 saturated heterocycles. The quantitative estimate of drug-likeness (QED) is 0.339. The van der Waals surface area contributed by atoms with Crippen LogP contribution in [-0.4, -0.2) is 45.4 Å². The second kappa shape index (κ2) is 6.01. The van der Waals surface area contributed by atoms with Gasteiger partial charge in [0.2, 0.25) is 0 Å². The Hall–Kier alpha value is -0.120. The highest BCUT2D eigenvalue weighted by Gasteiger charge is 1.93. The lowest BCUT2D eigenvalue weighted by Crippen LogP contribution is -3.09. The molecule has 3 heteroatoms. The summed E-state index contributed by atoms with van der Waals surface area (Å²) in [7, 11) is 4.26. The van der Waals surface area contributed by atoms with E-state index in [1.807, 2.05) is 0 Å². The summed E-state index contributed by atoms with van der Waals surface area (Å²) in [6, 6.07) is 0. The number of nitrogens with one attached hydrogen (secondary N) is 1. The second-order valence-corrected chi connectivity index (χ2v) is 2.55. The van der Waals surface area contributed by atoms with E-state index in [4.69, 9.17) is 5.11 Å². The minimum Gasteiger partial charge on any atom is -0.391 e. The smallest absolute Gasteiger partial charge is 0.126 e. The zero-order valence-corrected chi connectivity index (χ0v) is 6.35. The fraction of sp³-hybridized carbons (Fsp3) is 1.00. The molecule has 0 aliphatic rings. The van der Waals surface area contributed by atoms with Gasteiger partial charge in [-0.05, 0) is 0 Å². The van der Waals surface area contributed by atoms with E-state index in [-0.39, 0.29) is 0 Å². The second-order valence-electron chi connectivity index (χ2n) is 2.55. The van der Waals surface area contributed by atoms with Gasteiger partial charge in [-0.3, -0.25) is 0 Å². The number of aliphatic hydroxyl groups excluding tert-OH is 1. The number of likely N-dealkylation sites (N-methyl/N-ethyl adjacent to an activating group) is 1. The molecule has 0 unspecified atom stereocenters. The summed E-state index contributed by atoms with van der Waals surface area (Å²) >= 11 is 0. The molecule has 0 saturated carbocycles. The number of nitrogens with two attached hydrogens (primary N) is 1. The first-order valence-corrected chi connectivity index (χ1v) is 3.49. The van der Waals surface area contributed by atoms with Crippen LogP contribution in [0.5, 0.6) is 0 Å². The maximum Gasteiger partial charge on any atom is 0.126 e. The summed E-state index contributed by atoms with van der Waals surface area (Å²) in [6.45, 7) is 3.42. The Labute approximate surface area is 56.7 Å². The molecule has 0 fully saturated rings. The van der Waals surface area contributed by atoms with Crippen LogP contribution in [0.4, 0.5) is 0 Å². The van der Waals surface area contributed by atoms with E-state index in [0.29, 0.717) is 6.61 Å². The number of hydrogen-bond acceptors (Lipinski definition) is 1. The number of quaternary nitrogens is 2. The van der Waals surface area contributed by atoms with Gasteiger partial charge in [-0.15, -0.1) is 0 Å². The van der Waals surface area contributed by atoms with Gasteiger partial charge in [0.1, 0.15) is 13.1 Å².